The van der Waals surface area contributed by atoms with E-state index >= 15 is 0 Å². The van der Waals surface area contributed by atoms with E-state index in [9.17, 15) is 14.7 Å². The molecule has 0 radical (unpaired) electrons. The van der Waals surface area contributed by atoms with E-state index in [2.05, 4.69) is 10.3 Å². The lowest BCUT2D eigenvalue weighted by molar-refractivity contribution is -0.147. The van der Waals surface area contributed by atoms with E-state index in [0.29, 0.717) is 11.6 Å². The third-order valence-electron chi connectivity index (χ3n) is 4.59. The van der Waals surface area contributed by atoms with Crippen molar-refractivity contribution in [3.63, 3.8) is 0 Å². The molecule has 0 unspecified atom stereocenters. The lowest BCUT2D eigenvalue weighted by Crippen LogP contribution is -2.40. The summed E-state index contributed by atoms with van der Waals surface area (Å²) in [6.45, 7) is 2.03. The first-order valence-electron chi connectivity index (χ1n) is 7.74. The van der Waals surface area contributed by atoms with E-state index in [0.717, 1.165) is 17.0 Å². The van der Waals surface area contributed by atoms with Crippen LogP contribution in [0.2, 0.25) is 0 Å². The van der Waals surface area contributed by atoms with Crippen LogP contribution >= 0.6 is 22.7 Å². The Morgan fingerprint density at radius 3 is 2.71 bits per heavy atom. The number of hydrogen-bond donors (Lipinski definition) is 2. The summed E-state index contributed by atoms with van der Waals surface area (Å²) < 4.78 is 5.64. The van der Waals surface area contributed by atoms with Crippen LogP contribution < -0.4 is 5.32 Å². The maximum Gasteiger partial charge on any atom is 0.310 e. The van der Waals surface area contributed by atoms with Crippen molar-refractivity contribution in [3.8, 4) is 10.6 Å². The van der Waals surface area contributed by atoms with E-state index in [1.807, 2.05) is 24.4 Å². The molecule has 2 fully saturated rings. The van der Waals surface area contributed by atoms with Gasteiger partial charge in [-0.2, -0.15) is 0 Å². The van der Waals surface area contributed by atoms with Crippen molar-refractivity contribution in [3.05, 3.63) is 22.4 Å². The molecule has 0 spiro atoms. The average molecular weight is 364 g/mol. The fourth-order valence-electron chi connectivity index (χ4n) is 3.53. The van der Waals surface area contributed by atoms with Gasteiger partial charge in [0, 0.05) is 10.3 Å². The molecule has 1 amide bonds. The second-order valence-electron chi connectivity index (χ2n) is 6.12. The van der Waals surface area contributed by atoms with Gasteiger partial charge >= 0.3 is 5.97 Å². The molecule has 2 aliphatic rings. The summed E-state index contributed by atoms with van der Waals surface area (Å²) in [6.07, 6.45) is 0.814. The highest BCUT2D eigenvalue weighted by atomic mass is 32.1. The number of aliphatic carboxylic acids is 1. The van der Waals surface area contributed by atoms with Gasteiger partial charge in [-0.3, -0.25) is 9.59 Å². The van der Waals surface area contributed by atoms with Crippen LogP contribution in [0, 0.1) is 18.8 Å². The van der Waals surface area contributed by atoms with Crippen molar-refractivity contribution >= 4 is 39.7 Å². The minimum absolute atomic E-state index is 0.296. The number of ether oxygens (including phenoxy) is 1. The molecule has 4 rings (SSSR count). The van der Waals surface area contributed by atoms with Gasteiger partial charge in [-0.05, 0) is 31.9 Å². The van der Waals surface area contributed by atoms with Crippen molar-refractivity contribution < 1.29 is 19.4 Å². The van der Waals surface area contributed by atoms with Crippen molar-refractivity contribution in [1.29, 1.82) is 0 Å². The third-order valence-corrected chi connectivity index (χ3v) is 6.37. The molecule has 24 heavy (non-hydrogen) atoms. The van der Waals surface area contributed by atoms with E-state index in [-0.39, 0.29) is 18.1 Å². The Bertz CT molecular complexity index is 800. The Morgan fingerprint density at radius 2 is 2.04 bits per heavy atom. The number of hydrogen-bond acceptors (Lipinski definition) is 6. The summed E-state index contributed by atoms with van der Waals surface area (Å²) in [5.74, 6) is -2.67. The predicted octanol–water partition coefficient (Wildman–Crippen LogP) is 3.00. The molecule has 6 nitrogen and oxygen atoms in total. The highest BCUT2D eigenvalue weighted by Crippen LogP contribution is 2.44. The summed E-state index contributed by atoms with van der Waals surface area (Å²) >= 11 is 2.99. The van der Waals surface area contributed by atoms with Gasteiger partial charge in [-0.1, -0.05) is 0 Å². The van der Waals surface area contributed by atoms with Crippen molar-refractivity contribution in [1.82, 2.24) is 4.98 Å². The van der Waals surface area contributed by atoms with Crippen LogP contribution in [-0.2, 0) is 14.3 Å². The first kappa shape index (κ1) is 15.7. The predicted molar refractivity (Wildman–Crippen MR) is 91.3 cm³/mol. The monoisotopic (exact) mass is 364 g/mol. The summed E-state index contributed by atoms with van der Waals surface area (Å²) in [7, 11) is 0. The van der Waals surface area contributed by atoms with Crippen molar-refractivity contribution in [2.45, 2.75) is 32.0 Å². The second kappa shape index (κ2) is 5.94. The van der Waals surface area contributed by atoms with Gasteiger partial charge < -0.3 is 15.2 Å². The van der Waals surface area contributed by atoms with Crippen LogP contribution in [0.4, 0.5) is 5.13 Å². The number of carbonyl (C=O) groups is 2. The topological polar surface area (TPSA) is 88.5 Å². The zero-order valence-electron chi connectivity index (χ0n) is 12.9. The third kappa shape index (κ3) is 2.64. The number of aryl methyl sites for hydroxylation is 1. The molecule has 2 saturated heterocycles. The van der Waals surface area contributed by atoms with E-state index < -0.39 is 17.8 Å². The average Bonchev–Trinajstić information content (AvgIpc) is 3.29. The molecule has 2 aliphatic heterocycles. The molecule has 4 heterocycles. The normalized spacial score (nSPS) is 28.2. The number of thiophene rings is 1. The number of carboxylic acid groups (broad SMARTS) is 1. The standard InChI is InChI=1S/C16H16N2O4S2/c1-7-2-5-11(24-7)8-6-23-16(17-8)18-14(19)12-9-3-4-10(22-9)13(12)15(20)21/h2,5-6,9-10,12-13H,3-4H2,1H3,(H,20,21)(H,17,18,19)/t9-,10-,12+,13+/m1/s1. The van der Waals surface area contributed by atoms with E-state index in [1.165, 1.54) is 16.2 Å². The fourth-order valence-corrected chi connectivity index (χ4v) is 5.15. The van der Waals surface area contributed by atoms with Crippen LogP contribution in [0.25, 0.3) is 10.6 Å². The Hall–Kier alpha value is -1.77. The Labute approximate surface area is 146 Å². The van der Waals surface area contributed by atoms with Gasteiger partial charge in [0.1, 0.15) is 0 Å². The maximum absolute atomic E-state index is 12.6. The highest BCUT2D eigenvalue weighted by Gasteiger charge is 2.55. The lowest BCUT2D eigenvalue weighted by Gasteiger charge is -2.23. The number of nitrogens with zero attached hydrogens (tertiary/aromatic N) is 1. The van der Waals surface area contributed by atoms with Gasteiger partial charge in [0.05, 0.1) is 34.6 Å². The van der Waals surface area contributed by atoms with Crippen molar-refractivity contribution in [2.24, 2.45) is 11.8 Å². The van der Waals surface area contributed by atoms with E-state index in [1.54, 1.807) is 11.3 Å². The number of carboxylic acids is 1. The van der Waals surface area contributed by atoms with Crippen LogP contribution in [-0.4, -0.2) is 34.2 Å². The number of amides is 1. The highest BCUT2D eigenvalue weighted by molar-refractivity contribution is 7.17. The molecule has 0 aliphatic carbocycles. The SMILES string of the molecule is Cc1ccc(-c2csc(NC(=O)[C@@H]3[C@@H](C(=O)O)[C@H]4CC[C@H]3O4)n2)s1. The largest absolute Gasteiger partial charge is 0.481 e. The van der Waals surface area contributed by atoms with Crippen LogP contribution in [0.3, 0.4) is 0 Å². The van der Waals surface area contributed by atoms with Gasteiger partial charge in [-0.15, -0.1) is 22.7 Å². The molecular formula is C16H16N2O4S2. The maximum atomic E-state index is 12.6. The lowest BCUT2D eigenvalue weighted by atomic mass is 9.79. The second-order valence-corrected chi connectivity index (χ2v) is 8.26. The van der Waals surface area contributed by atoms with Crippen LogP contribution in [0.5, 0.6) is 0 Å². The van der Waals surface area contributed by atoms with Gasteiger partial charge in [0.2, 0.25) is 5.91 Å². The number of aromatic nitrogens is 1. The molecule has 8 heteroatoms. The van der Waals surface area contributed by atoms with E-state index in [4.69, 9.17) is 4.74 Å². The quantitative estimate of drug-likeness (QED) is 0.871. The molecule has 2 bridgehead atoms. The molecule has 0 aromatic carbocycles. The molecule has 4 atom stereocenters. The van der Waals surface area contributed by atoms with Crippen LogP contribution in [0.15, 0.2) is 17.5 Å². The van der Waals surface area contributed by atoms with Gasteiger partial charge in [0.25, 0.3) is 0 Å². The van der Waals surface area contributed by atoms with Crippen LogP contribution in [0.1, 0.15) is 17.7 Å². The molecular weight excluding hydrogens is 348 g/mol. The number of nitrogens with one attached hydrogen (secondary N) is 1. The minimum atomic E-state index is -0.962. The number of fused-ring (bicyclic) bond motifs is 2. The summed E-state index contributed by atoms with van der Waals surface area (Å²) in [5.41, 5.74) is 0.826. The zero-order valence-corrected chi connectivity index (χ0v) is 14.5. The number of thiazole rings is 1. The number of anilines is 1. The van der Waals surface area contributed by atoms with Gasteiger partial charge in [-0.25, -0.2) is 4.98 Å². The molecule has 0 saturated carbocycles. The summed E-state index contributed by atoms with van der Waals surface area (Å²) in [4.78, 5) is 30.8. The van der Waals surface area contributed by atoms with Crippen molar-refractivity contribution in [2.75, 3.05) is 5.32 Å². The molecule has 2 aromatic heterocycles. The van der Waals surface area contributed by atoms with Gasteiger partial charge in [0.15, 0.2) is 5.13 Å². The molecule has 126 valence electrons. The summed E-state index contributed by atoms with van der Waals surface area (Å²) in [6, 6.07) is 4.03. The Balaban J connectivity index is 1.50. The minimum Gasteiger partial charge on any atom is -0.481 e. The zero-order chi connectivity index (χ0) is 16.8. The molecule has 2 N–H and O–H groups in total. The Morgan fingerprint density at radius 1 is 1.29 bits per heavy atom. The molecule has 2 aromatic rings. The first-order valence-corrected chi connectivity index (χ1v) is 9.44. The smallest absolute Gasteiger partial charge is 0.310 e. The number of rotatable bonds is 4. The Kier molecular flexibility index (Phi) is 3.90. The fraction of sp³-hybridized carbons (Fsp3) is 0.438. The first-order chi connectivity index (χ1) is 11.5. The number of carbonyl (C=O) groups excluding carboxylic acids is 1. The summed E-state index contributed by atoms with van der Waals surface area (Å²) in [5, 5.41) is 14.6.